The molecular formula is C25H27ClN4O3. The molecule has 172 valence electrons. The lowest BCUT2D eigenvalue weighted by Crippen LogP contribution is -2.34. The van der Waals surface area contributed by atoms with Gasteiger partial charge in [0.05, 0.1) is 11.0 Å². The maximum Gasteiger partial charge on any atom is 0.273 e. The summed E-state index contributed by atoms with van der Waals surface area (Å²) in [5, 5.41) is 6.38. The number of aryl methyl sites for hydroxylation is 2. The number of rotatable bonds is 7. The first-order valence-corrected chi connectivity index (χ1v) is 11.6. The highest BCUT2D eigenvalue weighted by atomic mass is 35.5. The van der Waals surface area contributed by atoms with Crippen LogP contribution in [0.1, 0.15) is 43.4 Å². The highest BCUT2D eigenvalue weighted by Gasteiger charge is 2.19. The Bertz CT molecular complexity index is 1250. The Morgan fingerprint density at radius 2 is 1.88 bits per heavy atom. The third-order valence-electron chi connectivity index (χ3n) is 5.99. The molecule has 0 bridgehead atoms. The van der Waals surface area contributed by atoms with Crippen LogP contribution in [0.3, 0.4) is 0 Å². The van der Waals surface area contributed by atoms with Crippen LogP contribution in [0.2, 0.25) is 5.02 Å². The highest BCUT2D eigenvalue weighted by molar-refractivity contribution is 6.31. The molecule has 1 heterocycles. The smallest absolute Gasteiger partial charge is 0.273 e. The second kappa shape index (κ2) is 10.2. The minimum atomic E-state index is -0.362. The maximum atomic E-state index is 13.2. The molecule has 8 heteroatoms. The fourth-order valence-corrected chi connectivity index (χ4v) is 4.36. The molecule has 0 aliphatic heterocycles. The van der Waals surface area contributed by atoms with Gasteiger partial charge in [0.15, 0.2) is 0 Å². The fraction of sp³-hybridized carbons (Fsp3) is 0.360. The van der Waals surface area contributed by atoms with Crippen LogP contribution >= 0.6 is 11.6 Å². The average Bonchev–Trinajstić information content (AvgIpc) is 3.30. The van der Waals surface area contributed by atoms with E-state index in [1.807, 2.05) is 19.1 Å². The van der Waals surface area contributed by atoms with Gasteiger partial charge in [0.2, 0.25) is 11.8 Å². The van der Waals surface area contributed by atoms with Crippen molar-refractivity contribution in [2.75, 3.05) is 5.32 Å². The number of fused-ring (bicyclic) bond motifs is 1. The summed E-state index contributed by atoms with van der Waals surface area (Å²) in [5.41, 5.74) is 2.56. The van der Waals surface area contributed by atoms with E-state index in [1.165, 1.54) is 4.57 Å². The van der Waals surface area contributed by atoms with E-state index in [0.717, 1.165) is 31.2 Å². The summed E-state index contributed by atoms with van der Waals surface area (Å²) < 4.78 is 1.41. The molecule has 0 saturated heterocycles. The average molecular weight is 467 g/mol. The molecule has 2 amide bonds. The number of halogens is 1. The number of para-hydroxylation sites is 2. The van der Waals surface area contributed by atoms with Crippen LogP contribution in [-0.4, -0.2) is 27.4 Å². The number of amides is 2. The first-order chi connectivity index (χ1) is 15.9. The van der Waals surface area contributed by atoms with E-state index >= 15 is 0 Å². The Morgan fingerprint density at radius 1 is 1.12 bits per heavy atom. The molecular weight excluding hydrogens is 440 g/mol. The summed E-state index contributed by atoms with van der Waals surface area (Å²) in [6.45, 7) is 1.71. The van der Waals surface area contributed by atoms with E-state index in [4.69, 9.17) is 11.6 Å². The van der Waals surface area contributed by atoms with Crippen molar-refractivity contribution in [1.29, 1.82) is 0 Å². The Labute approximate surface area is 197 Å². The lowest BCUT2D eigenvalue weighted by molar-refractivity contribution is -0.121. The lowest BCUT2D eigenvalue weighted by Gasteiger charge is -2.14. The zero-order valence-corrected chi connectivity index (χ0v) is 19.3. The van der Waals surface area contributed by atoms with Gasteiger partial charge < -0.3 is 10.6 Å². The minimum Gasteiger partial charge on any atom is -0.353 e. The number of anilines is 1. The zero-order chi connectivity index (χ0) is 23.4. The van der Waals surface area contributed by atoms with E-state index in [9.17, 15) is 14.4 Å². The first kappa shape index (κ1) is 23.0. The van der Waals surface area contributed by atoms with Crippen LogP contribution < -0.4 is 16.2 Å². The van der Waals surface area contributed by atoms with E-state index in [0.29, 0.717) is 21.7 Å². The van der Waals surface area contributed by atoms with Crippen molar-refractivity contribution in [2.45, 2.75) is 58.0 Å². The molecule has 2 aromatic carbocycles. The van der Waals surface area contributed by atoms with Gasteiger partial charge in [0, 0.05) is 29.6 Å². The molecule has 3 aromatic rings. The summed E-state index contributed by atoms with van der Waals surface area (Å²) in [6, 6.07) is 12.7. The monoisotopic (exact) mass is 466 g/mol. The topological polar surface area (TPSA) is 93.1 Å². The molecule has 1 aliphatic rings. The van der Waals surface area contributed by atoms with Crippen molar-refractivity contribution < 1.29 is 9.59 Å². The Hall–Kier alpha value is -3.19. The predicted octanol–water partition coefficient (Wildman–Crippen LogP) is 3.99. The Balaban J connectivity index is 1.53. The van der Waals surface area contributed by atoms with Gasteiger partial charge in [-0.2, -0.15) is 0 Å². The third kappa shape index (κ3) is 5.60. The highest BCUT2D eigenvalue weighted by Crippen LogP contribution is 2.20. The van der Waals surface area contributed by atoms with Gasteiger partial charge in [-0.05, 0) is 49.6 Å². The van der Waals surface area contributed by atoms with Gasteiger partial charge in [-0.1, -0.05) is 42.6 Å². The van der Waals surface area contributed by atoms with E-state index in [2.05, 4.69) is 15.6 Å². The van der Waals surface area contributed by atoms with E-state index < -0.39 is 0 Å². The lowest BCUT2D eigenvalue weighted by atomic mass is 10.2. The molecule has 0 unspecified atom stereocenters. The van der Waals surface area contributed by atoms with Gasteiger partial charge in [0.1, 0.15) is 12.2 Å². The minimum absolute atomic E-state index is 0.0724. The van der Waals surface area contributed by atoms with Crippen molar-refractivity contribution in [2.24, 2.45) is 0 Å². The van der Waals surface area contributed by atoms with Gasteiger partial charge in [-0.3, -0.25) is 19.0 Å². The molecule has 1 fully saturated rings. The number of benzene rings is 2. The molecule has 0 radical (unpaired) electrons. The molecule has 33 heavy (non-hydrogen) atoms. The summed E-state index contributed by atoms with van der Waals surface area (Å²) >= 11 is 6.15. The number of carbonyl (C=O) groups excluding carboxylic acids is 2. The van der Waals surface area contributed by atoms with Crippen molar-refractivity contribution in [3.63, 3.8) is 0 Å². The summed E-state index contributed by atoms with van der Waals surface area (Å²) in [4.78, 5) is 42.8. The third-order valence-corrected chi connectivity index (χ3v) is 6.39. The molecule has 2 N–H and O–H groups in total. The summed E-state index contributed by atoms with van der Waals surface area (Å²) in [7, 11) is 0. The van der Waals surface area contributed by atoms with Crippen LogP contribution in [0.15, 0.2) is 47.3 Å². The zero-order valence-electron chi connectivity index (χ0n) is 18.6. The van der Waals surface area contributed by atoms with Gasteiger partial charge in [0.25, 0.3) is 5.56 Å². The molecule has 0 spiro atoms. The van der Waals surface area contributed by atoms with Crippen molar-refractivity contribution in [3.05, 3.63) is 69.1 Å². The number of hydrogen-bond donors (Lipinski definition) is 2. The van der Waals surface area contributed by atoms with Crippen molar-refractivity contribution in [3.8, 4) is 0 Å². The quantitative estimate of drug-likeness (QED) is 0.550. The molecule has 4 rings (SSSR count). The molecule has 1 saturated carbocycles. The number of hydrogen-bond acceptors (Lipinski definition) is 4. The number of carbonyl (C=O) groups is 2. The summed E-state index contributed by atoms with van der Waals surface area (Å²) in [6.07, 6.45) is 4.70. The van der Waals surface area contributed by atoms with Gasteiger partial charge in [-0.25, -0.2) is 4.98 Å². The van der Waals surface area contributed by atoms with Crippen LogP contribution in [0, 0.1) is 6.92 Å². The van der Waals surface area contributed by atoms with E-state index in [-0.39, 0.29) is 48.5 Å². The maximum absolute atomic E-state index is 13.2. The van der Waals surface area contributed by atoms with Crippen molar-refractivity contribution >= 4 is 40.1 Å². The second-order valence-corrected chi connectivity index (χ2v) is 8.91. The molecule has 7 nitrogen and oxygen atoms in total. The fourth-order valence-electron chi connectivity index (χ4n) is 4.18. The SMILES string of the molecule is Cc1ccc(NC(=O)Cn2c(=O)c(CCC(=O)NC3CCCC3)nc3ccccc32)cc1Cl. The standard InChI is InChI=1S/C25H27ClN4O3/c1-16-10-11-18(14-19(16)26)28-24(32)15-30-22-9-5-4-8-20(22)29-21(25(30)33)12-13-23(31)27-17-6-2-3-7-17/h4-5,8-11,14,17H,2-3,6-7,12-13,15H2,1H3,(H,27,31)(H,28,32). The van der Waals surface area contributed by atoms with E-state index in [1.54, 1.807) is 30.3 Å². The predicted molar refractivity (Wildman–Crippen MR) is 130 cm³/mol. The molecule has 0 atom stereocenters. The Kier molecular flexibility index (Phi) is 7.08. The number of aromatic nitrogens is 2. The van der Waals surface area contributed by atoms with Crippen LogP contribution in [-0.2, 0) is 22.6 Å². The number of nitrogens with one attached hydrogen (secondary N) is 2. The Morgan fingerprint density at radius 3 is 2.64 bits per heavy atom. The molecule has 1 aliphatic carbocycles. The molecule has 1 aromatic heterocycles. The largest absolute Gasteiger partial charge is 0.353 e. The van der Waals surface area contributed by atoms with Gasteiger partial charge in [-0.15, -0.1) is 0 Å². The summed E-state index contributed by atoms with van der Waals surface area (Å²) in [5.74, 6) is -0.421. The normalized spacial score (nSPS) is 13.9. The number of nitrogens with zero attached hydrogens (tertiary/aromatic N) is 2. The van der Waals surface area contributed by atoms with Gasteiger partial charge >= 0.3 is 0 Å². The van der Waals surface area contributed by atoms with Crippen molar-refractivity contribution in [1.82, 2.24) is 14.9 Å². The second-order valence-electron chi connectivity index (χ2n) is 8.50. The van der Waals surface area contributed by atoms with Crippen LogP contribution in [0.5, 0.6) is 0 Å². The van der Waals surface area contributed by atoms with Crippen LogP contribution in [0.4, 0.5) is 5.69 Å². The first-order valence-electron chi connectivity index (χ1n) is 11.2. The van der Waals surface area contributed by atoms with Crippen LogP contribution in [0.25, 0.3) is 11.0 Å².